The number of carbonyl (C=O) groups is 1. The highest BCUT2D eigenvalue weighted by atomic mass is 16.4. The van der Waals surface area contributed by atoms with E-state index in [2.05, 4.69) is 9.97 Å². The van der Waals surface area contributed by atoms with Crippen molar-refractivity contribution in [1.29, 1.82) is 0 Å². The van der Waals surface area contributed by atoms with Gasteiger partial charge in [-0.1, -0.05) is 0 Å². The van der Waals surface area contributed by atoms with Crippen molar-refractivity contribution in [2.45, 2.75) is 25.8 Å². The summed E-state index contributed by atoms with van der Waals surface area (Å²) in [7, 11) is 0. The lowest BCUT2D eigenvalue weighted by molar-refractivity contribution is -0.135. The number of carboxylic acid groups (broad SMARTS) is 1. The molecule has 0 saturated heterocycles. The third kappa shape index (κ3) is 2.43. The minimum atomic E-state index is -0.841. The van der Waals surface area contributed by atoms with Gasteiger partial charge in [-0.3, -0.25) is 4.79 Å². The van der Waals surface area contributed by atoms with E-state index in [1.54, 1.807) is 17.2 Å². The fourth-order valence-electron chi connectivity index (χ4n) is 1.47. The second kappa shape index (κ2) is 3.84. The fraction of sp³-hybridized carbons (Fsp3) is 0.500. The lowest BCUT2D eigenvalue weighted by Crippen LogP contribution is -2.33. The third-order valence-corrected chi connectivity index (χ3v) is 2.33. The Bertz CT molecular complexity index is 377. The Morgan fingerprint density at radius 1 is 1.67 bits per heavy atom. The third-order valence-electron chi connectivity index (χ3n) is 2.33. The molecule has 0 aromatic carbocycles. The summed E-state index contributed by atoms with van der Waals surface area (Å²) < 4.78 is 0. The molecule has 80 valence electrons. The van der Waals surface area contributed by atoms with Gasteiger partial charge in [0.05, 0.1) is 0 Å². The van der Waals surface area contributed by atoms with Crippen LogP contribution in [0.15, 0.2) is 12.3 Å². The van der Waals surface area contributed by atoms with Gasteiger partial charge in [-0.2, -0.15) is 0 Å². The summed E-state index contributed by atoms with van der Waals surface area (Å²) in [5.41, 5.74) is 0.857. The van der Waals surface area contributed by atoms with Crippen LogP contribution in [0.25, 0.3) is 0 Å². The zero-order chi connectivity index (χ0) is 10.8. The average Bonchev–Trinajstić information content (AvgIpc) is 2.97. The highest BCUT2D eigenvalue weighted by Gasteiger charge is 2.32. The van der Waals surface area contributed by atoms with E-state index in [-0.39, 0.29) is 6.54 Å². The maximum absolute atomic E-state index is 10.7. The monoisotopic (exact) mass is 207 g/mol. The molecule has 1 heterocycles. The summed E-state index contributed by atoms with van der Waals surface area (Å²) in [5, 5.41) is 8.79. The number of anilines is 1. The standard InChI is InChI=1S/C10H13N3O2/c1-7-4-5-11-10(12-7)13(6-9(14)15)8-2-3-8/h4-5,8H,2-3,6H2,1H3,(H,14,15). The van der Waals surface area contributed by atoms with Gasteiger partial charge in [0.1, 0.15) is 6.54 Å². The molecule has 0 spiro atoms. The molecule has 5 heteroatoms. The first kappa shape index (κ1) is 9.89. The lowest BCUT2D eigenvalue weighted by atomic mass is 10.4. The first-order chi connectivity index (χ1) is 7.16. The second-order valence-corrected chi connectivity index (χ2v) is 3.75. The first-order valence-corrected chi connectivity index (χ1v) is 4.95. The van der Waals surface area contributed by atoms with E-state index in [1.807, 2.05) is 6.92 Å². The largest absolute Gasteiger partial charge is 0.480 e. The maximum atomic E-state index is 10.7. The Labute approximate surface area is 87.8 Å². The molecule has 5 nitrogen and oxygen atoms in total. The van der Waals surface area contributed by atoms with E-state index in [4.69, 9.17) is 5.11 Å². The molecule has 15 heavy (non-hydrogen) atoms. The molecule has 0 radical (unpaired) electrons. The summed E-state index contributed by atoms with van der Waals surface area (Å²) >= 11 is 0. The number of aromatic nitrogens is 2. The van der Waals surface area contributed by atoms with Gasteiger partial charge in [0.25, 0.3) is 0 Å². The van der Waals surface area contributed by atoms with Crippen molar-refractivity contribution in [2.24, 2.45) is 0 Å². The SMILES string of the molecule is Cc1ccnc(N(CC(=O)O)C2CC2)n1. The summed E-state index contributed by atoms with van der Waals surface area (Å²) in [4.78, 5) is 20.8. The Kier molecular flexibility index (Phi) is 2.53. The maximum Gasteiger partial charge on any atom is 0.323 e. The van der Waals surface area contributed by atoms with Crippen LogP contribution in [0.1, 0.15) is 18.5 Å². The predicted molar refractivity (Wildman–Crippen MR) is 54.8 cm³/mol. The lowest BCUT2D eigenvalue weighted by Gasteiger charge is -2.19. The van der Waals surface area contributed by atoms with Crippen LogP contribution in [0.4, 0.5) is 5.95 Å². The smallest absolute Gasteiger partial charge is 0.323 e. The summed E-state index contributed by atoms with van der Waals surface area (Å²) in [6, 6.07) is 2.11. The number of carboxylic acids is 1. The molecular formula is C10H13N3O2. The van der Waals surface area contributed by atoms with Crippen molar-refractivity contribution in [3.8, 4) is 0 Å². The molecule has 0 amide bonds. The molecule has 1 aliphatic carbocycles. The second-order valence-electron chi connectivity index (χ2n) is 3.75. The Balaban J connectivity index is 2.19. The molecule has 2 rings (SSSR count). The van der Waals surface area contributed by atoms with E-state index in [9.17, 15) is 4.79 Å². The van der Waals surface area contributed by atoms with Crippen LogP contribution in [0, 0.1) is 6.92 Å². The van der Waals surface area contributed by atoms with Gasteiger partial charge in [-0.15, -0.1) is 0 Å². The van der Waals surface area contributed by atoms with E-state index in [0.29, 0.717) is 12.0 Å². The number of nitrogens with zero attached hydrogens (tertiary/aromatic N) is 3. The molecular weight excluding hydrogens is 194 g/mol. The van der Waals surface area contributed by atoms with Gasteiger partial charge < -0.3 is 10.0 Å². The van der Waals surface area contributed by atoms with Crippen LogP contribution in [-0.2, 0) is 4.79 Å². The van der Waals surface area contributed by atoms with Crippen LogP contribution in [-0.4, -0.2) is 33.6 Å². The molecule has 1 fully saturated rings. The molecule has 0 bridgehead atoms. The van der Waals surface area contributed by atoms with Crippen molar-refractivity contribution in [3.63, 3.8) is 0 Å². The number of aliphatic carboxylic acids is 1. The van der Waals surface area contributed by atoms with Crippen LogP contribution >= 0.6 is 0 Å². The molecule has 0 unspecified atom stereocenters. The fourth-order valence-corrected chi connectivity index (χ4v) is 1.47. The zero-order valence-corrected chi connectivity index (χ0v) is 8.55. The van der Waals surface area contributed by atoms with Crippen molar-refractivity contribution in [2.75, 3.05) is 11.4 Å². The van der Waals surface area contributed by atoms with Crippen LogP contribution in [0.5, 0.6) is 0 Å². The topological polar surface area (TPSA) is 66.3 Å². The Morgan fingerprint density at radius 2 is 2.40 bits per heavy atom. The van der Waals surface area contributed by atoms with E-state index in [0.717, 1.165) is 18.5 Å². The van der Waals surface area contributed by atoms with Crippen molar-refractivity contribution < 1.29 is 9.90 Å². The number of hydrogen-bond donors (Lipinski definition) is 1. The highest BCUT2D eigenvalue weighted by Crippen LogP contribution is 2.29. The van der Waals surface area contributed by atoms with Crippen LogP contribution < -0.4 is 4.90 Å². The van der Waals surface area contributed by atoms with Crippen LogP contribution in [0.2, 0.25) is 0 Å². The zero-order valence-electron chi connectivity index (χ0n) is 8.55. The number of rotatable bonds is 4. The molecule has 1 aromatic rings. The number of aryl methyl sites for hydroxylation is 1. The van der Waals surface area contributed by atoms with Crippen molar-refractivity contribution in [3.05, 3.63) is 18.0 Å². The molecule has 1 N–H and O–H groups in total. The van der Waals surface area contributed by atoms with Crippen molar-refractivity contribution >= 4 is 11.9 Å². The quantitative estimate of drug-likeness (QED) is 0.792. The van der Waals surface area contributed by atoms with Gasteiger partial charge >= 0.3 is 5.97 Å². The van der Waals surface area contributed by atoms with Crippen LogP contribution in [0.3, 0.4) is 0 Å². The van der Waals surface area contributed by atoms with Gasteiger partial charge in [0.15, 0.2) is 0 Å². The molecule has 0 aliphatic heterocycles. The minimum Gasteiger partial charge on any atom is -0.480 e. The van der Waals surface area contributed by atoms with Gasteiger partial charge in [0.2, 0.25) is 5.95 Å². The Hall–Kier alpha value is -1.65. The first-order valence-electron chi connectivity index (χ1n) is 4.95. The average molecular weight is 207 g/mol. The molecule has 1 aliphatic rings. The normalized spacial score (nSPS) is 15.0. The summed E-state index contributed by atoms with van der Waals surface area (Å²) in [6.45, 7) is 1.85. The van der Waals surface area contributed by atoms with E-state index in [1.165, 1.54) is 0 Å². The van der Waals surface area contributed by atoms with Crippen molar-refractivity contribution in [1.82, 2.24) is 9.97 Å². The van der Waals surface area contributed by atoms with E-state index >= 15 is 0 Å². The summed E-state index contributed by atoms with van der Waals surface area (Å²) in [6.07, 6.45) is 3.73. The van der Waals surface area contributed by atoms with Gasteiger partial charge in [0, 0.05) is 17.9 Å². The number of hydrogen-bond acceptors (Lipinski definition) is 4. The van der Waals surface area contributed by atoms with Gasteiger partial charge in [-0.05, 0) is 25.8 Å². The molecule has 1 aromatic heterocycles. The summed E-state index contributed by atoms with van der Waals surface area (Å²) in [5.74, 6) is -0.313. The van der Waals surface area contributed by atoms with Gasteiger partial charge in [-0.25, -0.2) is 9.97 Å². The minimum absolute atomic E-state index is 0.0197. The Morgan fingerprint density at radius 3 is 2.93 bits per heavy atom. The van der Waals surface area contributed by atoms with E-state index < -0.39 is 5.97 Å². The highest BCUT2D eigenvalue weighted by molar-refractivity contribution is 5.73. The predicted octanol–water partition coefficient (Wildman–Crippen LogP) is 0.838. The molecule has 1 saturated carbocycles. The molecule has 0 atom stereocenters.